The van der Waals surface area contributed by atoms with Gasteiger partial charge in [-0.1, -0.05) is 66.7 Å². The second kappa shape index (κ2) is 6.71. The number of nitrogens with zero attached hydrogens (tertiary/aromatic N) is 1. The summed E-state index contributed by atoms with van der Waals surface area (Å²) in [5.41, 5.74) is 2.59. The molecular weight excluding hydrogens is 256 g/mol. The predicted octanol–water partition coefficient (Wildman–Crippen LogP) is 3.63. The van der Waals surface area contributed by atoms with E-state index in [1.165, 1.54) is 11.1 Å². The maximum absolute atomic E-state index is 3.51. The minimum absolute atomic E-state index is 0.833. The molecule has 0 radical (unpaired) electrons. The lowest BCUT2D eigenvalue weighted by Crippen LogP contribution is -2.37. The number of benzene rings is 2. The van der Waals surface area contributed by atoms with Crippen LogP contribution in [0.3, 0.4) is 0 Å². The van der Waals surface area contributed by atoms with Crippen molar-refractivity contribution in [3.8, 4) is 0 Å². The van der Waals surface area contributed by atoms with Crippen LogP contribution in [0.25, 0.3) is 0 Å². The number of nitrogens with one attached hydrogen (secondary N) is 1. The van der Waals surface area contributed by atoms with Gasteiger partial charge in [-0.05, 0) is 17.2 Å². The van der Waals surface area contributed by atoms with Crippen molar-refractivity contribution < 1.29 is 4.57 Å². The highest BCUT2D eigenvalue weighted by atomic mass is 15.1. The number of anilines is 1. The van der Waals surface area contributed by atoms with Gasteiger partial charge in [0, 0.05) is 6.07 Å². The van der Waals surface area contributed by atoms with E-state index in [0.717, 1.165) is 18.9 Å². The Kier molecular flexibility index (Phi) is 4.27. The van der Waals surface area contributed by atoms with E-state index in [9.17, 15) is 0 Å². The minimum Gasteiger partial charge on any atom is -0.270 e. The lowest BCUT2D eigenvalue weighted by atomic mass is 10.2. The fourth-order valence-electron chi connectivity index (χ4n) is 2.34. The first-order chi connectivity index (χ1) is 10.4. The second-order valence-electron chi connectivity index (χ2n) is 5.04. The van der Waals surface area contributed by atoms with Crippen LogP contribution in [0.1, 0.15) is 11.1 Å². The lowest BCUT2D eigenvalue weighted by molar-refractivity contribution is -0.674. The number of pyridine rings is 1. The summed E-state index contributed by atoms with van der Waals surface area (Å²) in [5.74, 6) is 1.13. The normalized spacial score (nSPS) is 10.3. The Bertz CT molecular complexity index is 678. The Balaban J connectivity index is 1.73. The molecule has 0 spiro atoms. The van der Waals surface area contributed by atoms with E-state index in [2.05, 4.69) is 82.8 Å². The molecule has 0 saturated heterocycles. The highest BCUT2D eigenvalue weighted by molar-refractivity contribution is 5.30. The van der Waals surface area contributed by atoms with Gasteiger partial charge in [-0.25, -0.2) is 4.57 Å². The maximum atomic E-state index is 3.51. The molecule has 2 nitrogen and oxygen atoms in total. The summed E-state index contributed by atoms with van der Waals surface area (Å²) in [4.78, 5) is 0. The van der Waals surface area contributed by atoms with Crippen LogP contribution in [0.15, 0.2) is 85.1 Å². The fourth-order valence-corrected chi connectivity index (χ4v) is 2.34. The van der Waals surface area contributed by atoms with Crippen molar-refractivity contribution >= 4 is 5.82 Å². The quantitative estimate of drug-likeness (QED) is 0.703. The van der Waals surface area contributed by atoms with Gasteiger partial charge in [0.25, 0.3) is 5.82 Å². The van der Waals surface area contributed by atoms with Crippen molar-refractivity contribution in [3.05, 3.63) is 96.2 Å². The van der Waals surface area contributed by atoms with Gasteiger partial charge in [0.05, 0.1) is 6.20 Å². The molecule has 2 aromatic carbocycles. The second-order valence-corrected chi connectivity index (χ2v) is 5.04. The van der Waals surface area contributed by atoms with Crippen molar-refractivity contribution in [3.63, 3.8) is 0 Å². The van der Waals surface area contributed by atoms with Gasteiger partial charge in [-0.15, -0.1) is 0 Å². The SMILES string of the molecule is c1ccc(CNc2cccc[n+]2Cc2ccccc2)cc1. The lowest BCUT2D eigenvalue weighted by Gasteiger charge is -2.07. The van der Waals surface area contributed by atoms with Crippen LogP contribution in [-0.2, 0) is 13.1 Å². The highest BCUT2D eigenvalue weighted by Crippen LogP contribution is 2.06. The van der Waals surface area contributed by atoms with Gasteiger partial charge in [-0.2, -0.15) is 0 Å². The molecule has 2 heteroatoms. The maximum Gasteiger partial charge on any atom is 0.274 e. The fraction of sp³-hybridized carbons (Fsp3) is 0.105. The molecule has 0 aliphatic heterocycles. The largest absolute Gasteiger partial charge is 0.274 e. The number of aromatic nitrogens is 1. The Labute approximate surface area is 125 Å². The third-order valence-electron chi connectivity index (χ3n) is 3.45. The number of rotatable bonds is 5. The molecule has 0 fully saturated rings. The molecule has 0 bridgehead atoms. The molecule has 3 rings (SSSR count). The summed E-state index contributed by atoms with van der Waals surface area (Å²) in [6.45, 7) is 1.71. The Hall–Kier alpha value is -2.61. The average Bonchev–Trinajstić information content (AvgIpc) is 2.56. The van der Waals surface area contributed by atoms with Crippen LogP contribution in [0.5, 0.6) is 0 Å². The van der Waals surface area contributed by atoms with Crippen molar-refractivity contribution in [1.29, 1.82) is 0 Å². The molecule has 3 aromatic rings. The predicted molar refractivity (Wildman–Crippen MR) is 85.9 cm³/mol. The molecule has 0 saturated carbocycles. The van der Waals surface area contributed by atoms with Crippen LogP contribution in [-0.4, -0.2) is 0 Å². The minimum atomic E-state index is 0.833. The van der Waals surface area contributed by atoms with E-state index in [1.54, 1.807) is 0 Å². The summed E-state index contributed by atoms with van der Waals surface area (Å²) >= 11 is 0. The van der Waals surface area contributed by atoms with E-state index in [1.807, 2.05) is 12.1 Å². The molecule has 21 heavy (non-hydrogen) atoms. The summed E-state index contributed by atoms with van der Waals surface area (Å²) in [6, 6.07) is 27.2. The zero-order valence-electron chi connectivity index (χ0n) is 11.9. The van der Waals surface area contributed by atoms with Gasteiger partial charge in [0.1, 0.15) is 13.1 Å². The van der Waals surface area contributed by atoms with Crippen molar-refractivity contribution in [1.82, 2.24) is 0 Å². The van der Waals surface area contributed by atoms with E-state index in [-0.39, 0.29) is 0 Å². The zero-order chi connectivity index (χ0) is 14.3. The van der Waals surface area contributed by atoms with Crippen LogP contribution in [0, 0.1) is 0 Å². The Morgan fingerprint density at radius 2 is 1.29 bits per heavy atom. The van der Waals surface area contributed by atoms with E-state index < -0.39 is 0 Å². The number of hydrogen-bond acceptors (Lipinski definition) is 1. The molecular formula is C19H19N2+. The highest BCUT2D eigenvalue weighted by Gasteiger charge is 2.08. The summed E-state index contributed by atoms with van der Waals surface area (Å²) < 4.78 is 2.23. The Morgan fingerprint density at radius 3 is 2.00 bits per heavy atom. The standard InChI is InChI=1S/C19H18N2/c1-3-9-17(10-4-1)15-20-19-13-7-8-14-21(19)16-18-11-5-2-6-12-18/h1-14H,15-16H2/p+1. The summed E-state index contributed by atoms with van der Waals surface area (Å²) in [7, 11) is 0. The molecule has 104 valence electrons. The Morgan fingerprint density at radius 1 is 0.667 bits per heavy atom. The number of hydrogen-bond donors (Lipinski definition) is 1. The molecule has 0 aliphatic carbocycles. The molecule has 1 heterocycles. The topological polar surface area (TPSA) is 15.9 Å². The van der Waals surface area contributed by atoms with Gasteiger partial charge >= 0.3 is 0 Å². The van der Waals surface area contributed by atoms with Crippen molar-refractivity contribution in [2.24, 2.45) is 0 Å². The van der Waals surface area contributed by atoms with E-state index in [0.29, 0.717) is 0 Å². The first kappa shape index (κ1) is 13.4. The van der Waals surface area contributed by atoms with E-state index in [4.69, 9.17) is 0 Å². The van der Waals surface area contributed by atoms with Crippen molar-refractivity contribution in [2.45, 2.75) is 13.1 Å². The molecule has 1 aromatic heterocycles. The van der Waals surface area contributed by atoms with Gasteiger partial charge in [-0.3, -0.25) is 5.32 Å². The van der Waals surface area contributed by atoms with Gasteiger partial charge in [0.2, 0.25) is 0 Å². The van der Waals surface area contributed by atoms with Crippen LogP contribution in [0.4, 0.5) is 5.82 Å². The molecule has 1 N–H and O–H groups in total. The van der Waals surface area contributed by atoms with Crippen LogP contribution < -0.4 is 9.88 Å². The smallest absolute Gasteiger partial charge is 0.270 e. The average molecular weight is 275 g/mol. The third-order valence-corrected chi connectivity index (χ3v) is 3.45. The molecule has 0 atom stereocenters. The third kappa shape index (κ3) is 3.69. The first-order valence-electron chi connectivity index (χ1n) is 7.22. The summed E-state index contributed by atoms with van der Waals surface area (Å²) in [5, 5.41) is 3.51. The van der Waals surface area contributed by atoms with Crippen LogP contribution >= 0.6 is 0 Å². The van der Waals surface area contributed by atoms with Crippen molar-refractivity contribution in [2.75, 3.05) is 5.32 Å². The van der Waals surface area contributed by atoms with E-state index >= 15 is 0 Å². The molecule has 0 unspecified atom stereocenters. The van der Waals surface area contributed by atoms with Crippen LogP contribution in [0.2, 0.25) is 0 Å². The van der Waals surface area contributed by atoms with Gasteiger partial charge < -0.3 is 0 Å². The molecule has 0 aliphatic rings. The monoisotopic (exact) mass is 275 g/mol. The molecule has 0 amide bonds. The summed E-state index contributed by atoms with van der Waals surface area (Å²) in [6.07, 6.45) is 2.11. The zero-order valence-corrected chi connectivity index (χ0v) is 11.9. The van der Waals surface area contributed by atoms with Gasteiger partial charge in [0.15, 0.2) is 0 Å². The first-order valence-corrected chi connectivity index (χ1v) is 7.22.